The summed E-state index contributed by atoms with van der Waals surface area (Å²) in [4.78, 5) is 38.7. The maximum Gasteiger partial charge on any atom is 0.407 e. The maximum atomic E-state index is 13.0. The monoisotopic (exact) mass is 466 g/mol. The van der Waals surface area contributed by atoms with Crippen molar-refractivity contribution in [1.29, 1.82) is 0 Å². The van der Waals surface area contributed by atoms with E-state index in [4.69, 9.17) is 4.74 Å². The van der Waals surface area contributed by atoms with E-state index in [1.165, 1.54) is 0 Å². The Morgan fingerprint density at radius 2 is 1.58 bits per heavy atom. The summed E-state index contributed by atoms with van der Waals surface area (Å²) < 4.78 is 5.52. The molecule has 2 heterocycles. The summed E-state index contributed by atoms with van der Waals surface area (Å²) >= 11 is 1.90. The Labute approximate surface area is 196 Å². The third-order valence-electron chi connectivity index (χ3n) is 6.86. The van der Waals surface area contributed by atoms with Gasteiger partial charge < -0.3 is 20.1 Å². The number of carbonyl (C=O) groups excluding carboxylic acids is 2. The summed E-state index contributed by atoms with van der Waals surface area (Å²) in [5.41, 5.74) is 4.43. The van der Waals surface area contributed by atoms with E-state index in [-0.39, 0.29) is 18.4 Å². The smallest absolute Gasteiger partial charge is 0.407 e. The molecule has 2 saturated heterocycles. The molecule has 2 amide bonds. The predicted octanol–water partition coefficient (Wildman–Crippen LogP) is 3.19. The van der Waals surface area contributed by atoms with Crippen LogP contribution >= 0.6 is 11.8 Å². The van der Waals surface area contributed by atoms with Crippen LogP contribution in [0, 0.1) is 11.8 Å². The van der Waals surface area contributed by atoms with Gasteiger partial charge in [0.05, 0.1) is 6.42 Å². The lowest BCUT2D eigenvalue weighted by Gasteiger charge is -2.24. The molecule has 3 aliphatic rings. The summed E-state index contributed by atoms with van der Waals surface area (Å²) in [7, 11) is 0. The molecule has 2 aliphatic heterocycles. The van der Waals surface area contributed by atoms with Gasteiger partial charge in [-0.2, -0.15) is 11.8 Å². The molecular weight excluding hydrogens is 440 g/mol. The van der Waals surface area contributed by atoms with Crippen molar-refractivity contribution in [2.24, 2.45) is 11.8 Å². The summed E-state index contributed by atoms with van der Waals surface area (Å²) in [6.07, 6.45) is -1.24. The lowest BCUT2D eigenvalue weighted by Crippen LogP contribution is -2.49. The third-order valence-corrected chi connectivity index (χ3v) is 8.19. The van der Waals surface area contributed by atoms with Crippen LogP contribution in [0.3, 0.4) is 0 Å². The Bertz CT molecular complexity index is 1030. The lowest BCUT2D eigenvalue weighted by molar-refractivity contribution is -0.142. The van der Waals surface area contributed by atoms with Gasteiger partial charge in [-0.05, 0) is 45.6 Å². The molecule has 7 nitrogen and oxygen atoms in total. The highest BCUT2D eigenvalue weighted by atomic mass is 32.2. The zero-order valence-corrected chi connectivity index (χ0v) is 18.9. The van der Waals surface area contributed by atoms with E-state index >= 15 is 0 Å². The zero-order chi connectivity index (χ0) is 22.9. The molecule has 3 atom stereocenters. The summed E-state index contributed by atoms with van der Waals surface area (Å²) in [6.45, 7) is 1.36. The number of nitrogens with one attached hydrogen (secondary N) is 1. The highest BCUT2D eigenvalue weighted by Gasteiger charge is 2.41. The number of amides is 2. The number of aliphatic carboxylic acids is 1. The normalized spacial score (nSPS) is 21.8. The minimum atomic E-state index is -1.14. The molecule has 33 heavy (non-hydrogen) atoms. The number of thioether (sulfide) groups is 1. The van der Waals surface area contributed by atoms with Gasteiger partial charge in [0.15, 0.2) is 0 Å². The molecule has 8 heteroatoms. The average Bonchev–Trinajstić information content (AvgIpc) is 3.49. The number of carboxylic acid groups (broad SMARTS) is 1. The van der Waals surface area contributed by atoms with Gasteiger partial charge in [0, 0.05) is 19.0 Å². The Morgan fingerprint density at radius 3 is 2.15 bits per heavy atom. The Kier molecular flexibility index (Phi) is 6.01. The number of benzene rings is 2. The first kappa shape index (κ1) is 21.8. The number of alkyl carbamates (subject to hydrolysis) is 1. The highest BCUT2D eigenvalue weighted by molar-refractivity contribution is 7.99. The summed E-state index contributed by atoms with van der Waals surface area (Å²) in [5.74, 6) is 1.38. The Balaban J connectivity index is 1.24. The molecule has 0 aromatic heterocycles. The van der Waals surface area contributed by atoms with Gasteiger partial charge >= 0.3 is 12.1 Å². The summed E-state index contributed by atoms with van der Waals surface area (Å²) in [6, 6.07) is 14.9. The van der Waals surface area contributed by atoms with Gasteiger partial charge in [0.25, 0.3) is 0 Å². The van der Waals surface area contributed by atoms with Gasteiger partial charge in [0.1, 0.15) is 12.6 Å². The molecule has 0 radical (unpaired) electrons. The van der Waals surface area contributed by atoms with Crippen molar-refractivity contribution in [1.82, 2.24) is 10.2 Å². The van der Waals surface area contributed by atoms with Crippen LogP contribution in [0.1, 0.15) is 23.5 Å². The van der Waals surface area contributed by atoms with Crippen molar-refractivity contribution in [2.45, 2.75) is 18.4 Å². The molecule has 2 fully saturated rings. The molecule has 5 rings (SSSR count). The van der Waals surface area contributed by atoms with Gasteiger partial charge in [-0.25, -0.2) is 4.79 Å². The van der Waals surface area contributed by atoms with Crippen LogP contribution in [0.4, 0.5) is 4.79 Å². The van der Waals surface area contributed by atoms with Crippen molar-refractivity contribution in [3.05, 3.63) is 59.7 Å². The van der Waals surface area contributed by atoms with Crippen LogP contribution in [0.15, 0.2) is 48.5 Å². The quantitative estimate of drug-likeness (QED) is 0.679. The third kappa shape index (κ3) is 4.31. The lowest BCUT2D eigenvalue weighted by atomic mass is 9.98. The highest BCUT2D eigenvalue weighted by Crippen LogP contribution is 2.44. The fourth-order valence-electron chi connectivity index (χ4n) is 5.24. The van der Waals surface area contributed by atoms with E-state index in [9.17, 15) is 19.5 Å². The van der Waals surface area contributed by atoms with E-state index in [2.05, 4.69) is 17.4 Å². The van der Waals surface area contributed by atoms with Crippen molar-refractivity contribution in [3.63, 3.8) is 0 Å². The number of carbonyl (C=O) groups is 3. The van der Waals surface area contributed by atoms with Crippen LogP contribution < -0.4 is 5.32 Å². The topological polar surface area (TPSA) is 95.9 Å². The number of fused-ring (bicyclic) bond motifs is 4. The van der Waals surface area contributed by atoms with E-state index in [0.717, 1.165) is 33.8 Å². The number of hydrogen-bond donors (Lipinski definition) is 2. The maximum absolute atomic E-state index is 13.0. The fraction of sp³-hybridized carbons (Fsp3) is 0.400. The fourth-order valence-corrected chi connectivity index (χ4v) is 6.74. The second kappa shape index (κ2) is 9.09. The number of carboxylic acids is 1. The SMILES string of the molecule is O=C(O)CC(NC(=O)OCC1c2ccccc2-c2ccccc21)C(=O)N1CC2CSCC2C1. The van der Waals surface area contributed by atoms with Crippen molar-refractivity contribution < 1.29 is 24.2 Å². The van der Waals surface area contributed by atoms with Gasteiger partial charge in [-0.1, -0.05) is 48.5 Å². The van der Waals surface area contributed by atoms with Crippen LogP contribution in [0.2, 0.25) is 0 Å². The number of hydrogen-bond acceptors (Lipinski definition) is 5. The molecule has 3 unspecified atom stereocenters. The van der Waals surface area contributed by atoms with E-state index in [1.54, 1.807) is 4.90 Å². The van der Waals surface area contributed by atoms with Gasteiger partial charge in [-0.3, -0.25) is 9.59 Å². The number of ether oxygens (including phenoxy) is 1. The first-order chi connectivity index (χ1) is 16.0. The van der Waals surface area contributed by atoms with Gasteiger partial charge in [-0.15, -0.1) is 0 Å². The zero-order valence-electron chi connectivity index (χ0n) is 18.1. The number of likely N-dealkylation sites (tertiary alicyclic amines) is 1. The standard InChI is InChI=1S/C25H26N2O5S/c28-23(29)9-22(24(30)27-10-15-13-33-14-16(15)11-27)26-25(31)32-12-21-19-7-3-1-5-17(19)18-6-2-4-8-20(18)21/h1-8,15-16,21-22H,9-14H2,(H,26,31)(H,28,29). The van der Waals surface area contributed by atoms with E-state index < -0.39 is 24.5 Å². The van der Waals surface area contributed by atoms with Crippen molar-refractivity contribution >= 4 is 29.7 Å². The molecule has 2 aromatic carbocycles. The first-order valence-corrected chi connectivity index (χ1v) is 12.4. The van der Waals surface area contributed by atoms with Gasteiger partial charge in [0.2, 0.25) is 5.91 Å². The van der Waals surface area contributed by atoms with E-state index in [1.807, 2.05) is 48.2 Å². The average molecular weight is 467 g/mol. The Hall–Kier alpha value is -3.00. The largest absolute Gasteiger partial charge is 0.481 e. The van der Waals surface area contributed by atoms with Crippen molar-refractivity contribution in [2.75, 3.05) is 31.2 Å². The molecule has 2 N–H and O–H groups in total. The second-order valence-corrected chi connectivity index (χ2v) is 10.00. The molecule has 0 bridgehead atoms. The predicted molar refractivity (Wildman–Crippen MR) is 125 cm³/mol. The number of rotatable bonds is 6. The molecular formula is C25H26N2O5S. The van der Waals surface area contributed by atoms with Crippen LogP contribution in [0.25, 0.3) is 11.1 Å². The molecule has 0 spiro atoms. The van der Waals surface area contributed by atoms with Crippen LogP contribution in [-0.4, -0.2) is 65.2 Å². The molecule has 0 saturated carbocycles. The summed E-state index contributed by atoms with van der Waals surface area (Å²) in [5, 5.41) is 11.8. The Morgan fingerprint density at radius 1 is 1.00 bits per heavy atom. The minimum absolute atomic E-state index is 0.104. The van der Waals surface area contributed by atoms with Crippen LogP contribution in [-0.2, 0) is 14.3 Å². The second-order valence-electron chi connectivity index (χ2n) is 8.92. The van der Waals surface area contributed by atoms with E-state index in [0.29, 0.717) is 24.9 Å². The molecule has 2 aromatic rings. The minimum Gasteiger partial charge on any atom is -0.481 e. The molecule has 1 aliphatic carbocycles. The first-order valence-electron chi connectivity index (χ1n) is 11.2. The molecule has 172 valence electrons. The van der Waals surface area contributed by atoms with Crippen LogP contribution in [0.5, 0.6) is 0 Å². The van der Waals surface area contributed by atoms with Crippen molar-refractivity contribution in [3.8, 4) is 11.1 Å². The number of nitrogens with zero attached hydrogens (tertiary/aromatic N) is 1.